The number of allylic oxidation sites excluding steroid dienone is 1. The third-order valence-corrected chi connectivity index (χ3v) is 3.65. The quantitative estimate of drug-likeness (QED) is 0.429. The van der Waals surface area contributed by atoms with Crippen molar-refractivity contribution in [1.29, 1.82) is 0 Å². The standard InChI is InChI=1S/C19H30O/c1-2-3-4-5-6-10-16-19(20)17-12-11-15-18-13-8-7-9-14-18/h7-9,12-14,17,19-20H,2-6,10-11,15-16H2,1H3. The van der Waals surface area contributed by atoms with Gasteiger partial charge in [0.05, 0.1) is 6.10 Å². The lowest BCUT2D eigenvalue weighted by Crippen LogP contribution is -2.01. The summed E-state index contributed by atoms with van der Waals surface area (Å²) in [6, 6.07) is 10.5. The van der Waals surface area contributed by atoms with Gasteiger partial charge in [-0.2, -0.15) is 0 Å². The van der Waals surface area contributed by atoms with Crippen LogP contribution >= 0.6 is 0 Å². The monoisotopic (exact) mass is 274 g/mol. The molecule has 0 aliphatic heterocycles. The summed E-state index contributed by atoms with van der Waals surface area (Å²) < 4.78 is 0. The zero-order chi connectivity index (χ0) is 14.5. The number of rotatable bonds is 11. The number of benzene rings is 1. The number of aliphatic hydroxyl groups excluding tert-OH is 1. The minimum Gasteiger partial charge on any atom is -0.389 e. The van der Waals surface area contributed by atoms with Gasteiger partial charge in [0, 0.05) is 0 Å². The summed E-state index contributed by atoms with van der Waals surface area (Å²) in [4.78, 5) is 0. The van der Waals surface area contributed by atoms with Gasteiger partial charge < -0.3 is 5.11 Å². The molecule has 1 atom stereocenters. The van der Waals surface area contributed by atoms with Crippen LogP contribution in [-0.2, 0) is 6.42 Å². The van der Waals surface area contributed by atoms with Gasteiger partial charge in [0.25, 0.3) is 0 Å². The highest BCUT2D eigenvalue weighted by atomic mass is 16.3. The van der Waals surface area contributed by atoms with Crippen LogP contribution in [0, 0.1) is 0 Å². The molecule has 1 aromatic rings. The van der Waals surface area contributed by atoms with Crippen molar-refractivity contribution in [3.8, 4) is 0 Å². The smallest absolute Gasteiger partial charge is 0.0720 e. The van der Waals surface area contributed by atoms with Gasteiger partial charge in [-0.3, -0.25) is 0 Å². The molecule has 0 bridgehead atoms. The van der Waals surface area contributed by atoms with Crippen LogP contribution in [0.1, 0.15) is 63.9 Å². The summed E-state index contributed by atoms with van der Waals surface area (Å²) >= 11 is 0. The largest absolute Gasteiger partial charge is 0.389 e. The molecule has 1 unspecified atom stereocenters. The van der Waals surface area contributed by atoms with Gasteiger partial charge in [-0.1, -0.05) is 87.9 Å². The predicted octanol–water partition coefficient (Wildman–Crippen LogP) is 5.29. The molecule has 0 heterocycles. The first kappa shape index (κ1) is 17.0. The molecule has 0 spiro atoms. The van der Waals surface area contributed by atoms with Gasteiger partial charge in [-0.25, -0.2) is 0 Å². The second-order valence-corrected chi connectivity index (χ2v) is 5.58. The Morgan fingerprint density at radius 3 is 2.45 bits per heavy atom. The Labute approximate surface area is 124 Å². The lowest BCUT2D eigenvalue weighted by atomic mass is 10.1. The van der Waals surface area contributed by atoms with Crippen LogP contribution < -0.4 is 0 Å². The highest BCUT2D eigenvalue weighted by molar-refractivity contribution is 5.15. The fraction of sp³-hybridized carbons (Fsp3) is 0.579. The van der Waals surface area contributed by atoms with Crippen LogP contribution in [0.4, 0.5) is 0 Å². The van der Waals surface area contributed by atoms with Crippen LogP contribution in [-0.4, -0.2) is 11.2 Å². The molecule has 0 radical (unpaired) electrons. The van der Waals surface area contributed by atoms with E-state index in [1.165, 1.54) is 37.7 Å². The lowest BCUT2D eigenvalue weighted by Gasteiger charge is -2.05. The summed E-state index contributed by atoms with van der Waals surface area (Å²) in [7, 11) is 0. The lowest BCUT2D eigenvalue weighted by molar-refractivity contribution is 0.207. The highest BCUT2D eigenvalue weighted by Crippen LogP contribution is 2.10. The Balaban J connectivity index is 2.01. The second-order valence-electron chi connectivity index (χ2n) is 5.58. The van der Waals surface area contributed by atoms with Crippen LogP contribution in [0.2, 0.25) is 0 Å². The van der Waals surface area contributed by atoms with Gasteiger partial charge in [0.15, 0.2) is 0 Å². The van der Waals surface area contributed by atoms with Crippen LogP contribution in [0.3, 0.4) is 0 Å². The van der Waals surface area contributed by atoms with E-state index in [2.05, 4.69) is 37.3 Å². The van der Waals surface area contributed by atoms with E-state index < -0.39 is 0 Å². The van der Waals surface area contributed by atoms with Gasteiger partial charge in [0.1, 0.15) is 0 Å². The Kier molecular flexibility index (Phi) is 9.95. The van der Waals surface area contributed by atoms with E-state index in [1.807, 2.05) is 12.1 Å². The Morgan fingerprint density at radius 1 is 1.00 bits per heavy atom. The zero-order valence-corrected chi connectivity index (χ0v) is 12.9. The molecule has 0 saturated carbocycles. The van der Waals surface area contributed by atoms with E-state index >= 15 is 0 Å². The van der Waals surface area contributed by atoms with Crippen molar-refractivity contribution in [3.05, 3.63) is 48.0 Å². The van der Waals surface area contributed by atoms with Crippen molar-refractivity contribution >= 4 is 0 Å². The van der Waals surface area contributed by atoms with Crippen molar-refractivity contribution < 1.29 is 5.11 Å². The summed E-state index contributed by atoms with van der Waals surface area (Å²) in [6.45, 7) is 2.24. The summed E-state index contributed by atoms with van der Waals surface area (Å²) in [5.41, 5.74) is 1.36. The summed E-state index contributed by atoms with van der Waals surface area (Å²) in [5.74, 6) is 0. The molecule has 0 saturated heterocycles. The van der Waals surface area contributed by atoms with Crippen molar-refractivity contribution in [1.82, 2.24) is 0 Å². The minimum absolute atomic E-state index is 0.253. The average molecular weight is 274 g/mol. The van der Waals surface area contributed by atoms with Crippen molar-refractivity contribution in [2.24, 2.45) is 0 Å². The number of hydrogen-bond donors (Lipinski definition) is 1. The number of hydrogen-bond acceptors (Lipinski definition) is 1. The molecule has 112 valence electrons. The maximum atomic E-state index is 9.86. The molecule has 0 aliphatic carbocycles. The van der Waals surface area contributed by atoms with Crippen LogP contribution in [0.25, 0.3) is 0 Å². The minimum atomic E-state index is -0.253. The molecule has 0 fully saturated rings. The summed E-state index contributed by atoms with van der Waals surface area (Å²) in [5, 5.41) is 9.86. The number of unbranched alkanes of at least 4 members (excludes halogenated alkanes) is 5. The molecular weight excluding hydrogens is 244 g/mol. The fourth-order valence-corrected chi connectivity index (χ4v) is 2.38. The summed E-state index contributed by atoms with van der Waals surface area (Å²) in [6.07, 6.45) is 14.5. The number of aliphatic hydroxyl groups is 1. The number of aryl methyl sites for hydroxylation is 1. The van der Waals surface area contributed by atoms with E-state index in [9.17, 15) is 5.11 Å². The van der Waals surface area contributed by atoms with Gasteiger partial charge >= 0.3 is 0 Å². The Hall–Kier alpha value is -1.08. The molecule has 20 heavy (non-hydrogen) atoms. The molecular formula is C19H30O. The Morgan fingerprint density at radius 2 is 1.70 bits per heavy atom. The van der Waals surface area contributed by atoms with E-state index in [-0.39, 0.29) is 6.10 Å². The Bertz CT molecular complexity index is 342. The average Bonchev–Trinajstić information content (AvgIpc) is 2.48. The topological polar surface area (TPSA) is 20.2 Å². The molecule has 0 aromatic heterocycles. The molecule has 0 amide bonds. The maximum absolute atomic E-state index is 9.86. The SMILES string of the molecule is CCCCCCCCC(O)C=CCCc1ccccc1. The zero-order valence-electron chi connectivity index (χ0n) is 12.9. The molecule has 1 aromatic carbocycles. The second kappa shape index (κ2) is 11.7. The third-order valence-electron chi connectivity index (χ3n) is 3.65. The van der Waals surface area contributed by atoms with Crippen molar-refractivity contribution in [2.75, 3.05) is 0 Å². The maximum Gasteiger partial charge on any atom is 0.0720 e. The molecule has 1 heteroatoms. The van der Waals surface area contributed by atoms with Gasteiger partial charge in [-0.05, 0) is 24.8 Å². The third kappa shape index (κ3) is 8.92. The van der Waals surface area contributed by atoms with E-state index in [4.69, 9.17) is 0 Å². The molecule has 1 nitrogen and oxygen atoms in total. The fourth-order valence-electron chi connectivity index (χ4n) is 2.38. The highest BCUT2D eigenvalue weighted by Gasteiger charge is 1.98. The molecule has 1 N–H and O–H groups in total. The van der Waals surface area contributed by atoms with Gasteiger partial charge in [-0.15, -0.1) is 0 Å². The van der Waals surface area contributed by atoms with Crippen molar-refractivity contribution in [3.63, 3.8) is 0 Å². The van der Waals surface area contributed by atoms with Gasteiger partial charge in [0.2, 0.25) is 0 Å². The molecule has 1 rings (SSSR count). The molecule has 0 aliphatic rings. The normalized spacial score (nSPS) is 12.9. The van der Waals surface area contributed by atoms with Crippen molar-refractivity contribution in [2.45, 2.75) is 70.8 Å². The first-order valence-electron chi connectivity index (χ1n) is 8.21. The predicted molar refractivity (Wildman–Crippen MR) is 87.9 cm³/mol. The first-order chi connectivity index (χ1) is 9.83. The first-order valence-corrected chi connectivity index (χ1v) is 8.21. The van der Waals surface area contributed by atoms with E-state index in [0.717, 1.165) is 25.7 Å². The van der Waals surface area contributed by atoms with Crippen LogP contribution in [0.15, 0.2) is 42.5 Å². The van der Waals surface area contributed by atoms with Crippen LogP contribution in [0.5, 0.6) is 0 Å². The van der Waals surface area contributed by atoms with E-state index in [0.29, 0.717) is 0 Å². The van der Waals surface area contributed by atoms with E-state index in [1.54, 1.807) is 0 Å².